The van der Waals surface area contributed by atoms with Gasteiger partial charge in [-0.05, 0) is 43.3 Å². The second kappa shape index (κ2) is 7.64. The van der Waals surface area contributed by atoms with Crippen molar-refractivity contribution in [3.63, 3.8) is 0 Å². The van der Waals surface area contributed by atoms with Crippen LogP contribution in [0.3, 0.4) is 0 Å². The van der Waals surface area contributed by atoms with Crippen molar-refractivity contribution in [3.05, 3.63) is 29.6 Å². The van der Waals surface area contributed by atoms with Crippen LogP contribution >= 0.6 is 11.8 Å². The van der Waals surface area contributed by atoms with Crippen molar-refractivity contribution in [2.45, 2.75) is 25.8 Å². The first-order valence-corrected chi connectivity index (χ1v) is 7.73. The molecule has 1 atom stereocenters. The highest BCUT2D eigenvalue weighted by atomic mass is 32.2. The largest absolute Gasteiger partial charge is 0.368 e. The number of hydrogen-bond donors (Lipinski definition) is 1. The van der Waals surface area contributed by atoms with Gasteiger partial charge in [0.2, 0.25) is 0 Å². The fraction of sp³-hybridized carbons (Fsp3) is 0.571. The molecule has 0 aromatic heterocycles. The molecule has 0 radical (unpaired) electrons. The predicted octanol–water partition coefficient (Wildman–Crippen LogP) is 2.90. The molecule has 1 aromatic rings. The Morgan fingerprint density at radius 2 is 2.17 bits per heavy atom. The molecule has 1 unspecified atom stereocenters. The SMILES string of the molecule is CCC(CSC)N(C)c1ccc(CCN)cc1F. The van der Waals surface area contributed by atoms with Crippen LogP contribution in [0.15, 0.2) is 18.2 Å². The summed E-state index contributed by atoms with van der Waals surface area (Å²) in [4.78, 5) is 2.04. The van der Waals surface area contributed by atoms with Gasteiger partial charge in [-0.2, -0.15) is 11.8 Å². The van der Waals surface area contributed by atoms with E-state index in [0.29, 0.717) is 18.3 Å². The van der Waals surface area contributed by atoms with Gasteiger partial charge >= 0.3 is 0 Å². The van der Waals surface area contributed by atoms with E-state index in [1.54, 1.807) is 17.8 Å². The van der Waals surface area contributed by atoms with Gasteiger partial charge in [0.05, 0.1) is 5.69 Å². The average molecular weight is 270 g/mol. The Morgan fingerprint density at radius 3 is 2.67 bits per heavy atom. The van der Waals surface area contributed by atoms with Crippen molar-refractivity contribution < 1.29 is 4.39 Å². The Balaban J connectivity index is 2.87. The lowest BCUT2D eigenvalue weighted by atomic mass is 10.1. The standard InChI is InChI=1S/C14H23FN2S/c1-4-12(10-18-3)17(2)14-6-5-11(7-8-16)9-13(14)15/h5-6,9,12H,4,7-8,10,16H2,1-3H3. The number of hydrogen-bond acceptors (Lipinski definition) is 3. The van der Waals surface area contributed by atoms with E-state index in [2.05, 4.69) is 13.2 Å². The van der Waals surface area contributed by atoms with Gasteiger partial charge in [0.15, 0.2) is 0 Å². The minimum absolute atomic E-state index is 0.150. The fourth-order valence-corrected chi connectivity index (χ4v) is 2.90. The quantitative estimate of drug-likeness (QED) is 0.826. The first-order valence-electron chi connectivity index (χ1n) is 6.34. The normalized spacial score (nSPS) is 12.5. The number of rotatable bonds is 7. The van der Waals surface area contributed by atoms with Crippen LogP contribution in [0.5, 0.6) is 0 Å². The summed E-state index contributed by atoms with van der Waals surface area (Å²) in [6, 6.07) is 5.80. The van der Waals surface area contributed by atoms with E-state index in [9.17, 15) is 4.39 Å². The van der Waals surface area contributed by atoms with E-state index in [-0.39, 0.29) is 5.82 Å². The molecule has 0 fully saturated rings. The van der Waals surface area contributed by atoms with Gasteiger partial charge in [-0.25, -0.2) is 4.39 Å². The van der Waals surface area contributed by atoms with Crippen LogP contribution in [0.25, 0.3) is 0 Å². The predicted molar refractivity (Wildman–Crippen MR) is 80.0 cm³/mol. The Hall–Kier alpha value is -0.740. The third-order valence-corrected chi connectivity index (χ3v) is 3.92. The molecule has 1 aromatic carbocycles. The van der Waals surface area contributed by atoms with Crippen molar-refractivity contribution in [3.8, 4) is 0 Å². The molecule has 0 aliphatic heterocycles. The molecule has 0 aliphatic carbocycles. The van der Waals surface area contributed by atoms with Gasteiger partial charge in [0.1, 0.15) is 5.82 Å². The summed E-state index contributed by atoms with van der Waals surface area (Å²) >= 11 is 1.79. The zero-order chi connectivity index (χ0) is 13.5. The number of halogens is 1. The van der Waals surface area contributed by atoms with Crippen LogP contribution in [0.4, 0.5) is 10.1 Å². The summed E-state index contributed by atoms with van der Waals surface area (Å²) in [5.74, 6) is 0.861. The third kappa shape index (κ3) is 3.89. The maximum Gasteiger partial charge on any atom is 0.146 e. The smallest absolute Gasteiger partial charge is 0.146 e. The third-order valence-electron chi connectivity index (χ3n) is 3.20. The van der Waals surface area contributed by atoms with E-state index in [0.717, 1.165) is 24.2 Å². The van der Waals surface area contributed by atoms with Crippen molar-refractivity contribution in [1.82, 2.24) is 0 Å². The molecule has 18 heavy (non-hydrogen) atoms. The summed E-state index contributed by atoms with van der Waals surface area (Å²) in [5.41, 5.74) is 7.12. The molecule has 0 amide bonds. The molecule has 0 heterocycles. The maximum atomic E-state index is 14.1. The molecule has 0 saturated heterocycles. The number of anilines is 1. The van der Waals surface area contributed by atoms with Gasteiger partial charge in [0, 0.05) is 18.8 Å². The molecular weight excluding hydrogens is 247 g/mol. The summed E-state index contributed by atoms with van der Waals surface area (Å²) in [5, 5.41) is 0. The van der Waals surface area contributed by atoms with Crippen LogP contribution < -0.4 is 10.6 Å². The van der Waals surface area contributed by atoms with Gasteiger partial charge < -0.3 is 10.6 Å². The molecule has 102 valence electrons. The van der Waals surface area contributed by atoms with Gasteiger partial charge in [0.25, 0.3) is 0 Å². The van der Waals surface area contributed by atoms with E-state index in [4.69, 9.17) is 5.73 Å². The van der Waals surface area contributed by atoms with Gasteiger partial charge in [-0.1, -0.05) is 13.0 Å². The Labute approximate surface area is 114 Å². The summed E-state index contributed by atoms with van der Waals surface area (Å²) in [6.45, 7) is 2.69. The van der Waals surface area contributed by atoms with Crippen LogP contribution in [0.2, 0.25) is 0 Å². The Morgan fingerprint density at radius 1 is 1.44 bits per heavy atom. The monoisotopic (exact) mass is 270 g/mol. The first kappa shape index (κ1) is 15.3. The highest BCUT2D eigenvalue weighted by molar-refractivity contribution is 7.98. The average Bonchev–Trinajstić information content (AvgIpc) is 2.36. The van der Waals surface area contributed by atoms with E-state index in [1.165, 1.54) is 0 Å². The minimum atomic E-state index is -0.150. The zero-order valence-corrected chi connectivity index (χ0v) is 12.3. The second-order valence-corrected chi connectivity index (χ2v) is 5.36. The first-order chi connectivity index (χ1) is 8.63. The molecule has 2 N–H and O–H groups in total. The molecule has 0 saturated carbocycles. The number of thioether (sulfide) groups is 1. The van der Waals surface area contributed by atoms with Crippen LogP contribution in [0, 0.1) is 5.82 Å². The van der Waals surface area contributed by atoms with Crippen molar-refractivity contribution in [1.29, 1.82) is 0 Å². The lowest BCUT2D eigenvalue weighted by Crippen LogP contribution is -2.33. The summed E-state index contributed by atoms with van der Waals surface area (Å²) < 4.78 is 14.1. The molecular formula is C14H23FN2S. The summed E-state index contributed by atoms with van der Waals surface area (Å²) in [6.07, 6.45) is 3.82. The lowest BCUT2D eigenvalue weighted by molar-refractivity contribution is 0.600. The van der Waals surface area contributed by atoms with E-state index in [1.807, 2.05) is 24.1 Å². The minimum Gasteiger partial charge on any atom is -0.368 e. The van der Waals surface area contributed by atoms with Gasteiger partial charge in [-0.3, -0.25) is 0 Å². The van der Waals surface area contributed by atoms with Crippen LogP contribution in [0.1, 0.15) is 18.9 Å². The highest BCUT2D eigenvalue weighted by Crippen LogP contribution is 2.23. The molecule has 0 spiro atoms. The molecule has 0 bridgehead atoms. The van der Waals surface area contributed by atoms with E-state index < -0.39 is 0 Å². The van der Waals surface area contributed by atoms with Crippen molar-refractivity contribution >= 4 is 17.4 Å². The summed E-state index contributed by atoms with van der Waals surface area (Å²) in [7, 11) is 1.96. The Kier molecular flexibility index (Phi) is 6.50. The van der Waals surface area contributed by atoms with Gasteiger partial charge in [-0.15, -0.1) is 0 Å². The Bertz CT molecular complexity index is 371. The van der Waals surface area contributed by atoms with Crippen LogP contribution in [-0.2, 0) is 6.42 Å². The van der Waals surface area contributed by atoms with E-state index >= 15 is 0 Å². The van der Waals surface area contributed by atoms with Crippen molar-refractivity contribution in [2.24, 2.45) is 5.73 Å². The van der Waals surface area contributed by atoms with Crippen LogP contribution in [-0.4, -0.2) is 31.6 Å². The second-order valence-electron chi connectivity index (χ2n) is 4.45. The zero-order valence-electron chi connectivity index (χ0n) is 11.4. The molecule has 0 aliphatic rings. The number of nitrogens with zero attached hydrogens (tertiary/aromatic N) is 1. The molecule has 4 heteroatoms. The molecule has 1 rings (SSSR count). The van der Waals surface area contributed by atoms with Crippen molar-refractivity contribution in [2.75, 3.05) is 30.5 Å². The lowest BCUT2D eigenvalue weighted by Gasteiger charge is -2.29. The number of benzene rings is 1. The highest BCUT2D eigenvalue weighted by Gasteiger charge is 2.16. The maximum absolute atomic E-state index is 14.1. The topological polar surface area (TPSA) is 29.3 Å². The fourth-order valence-electron chi connectivity index (χ4n) is 2.05. The number of nitrogens with two attached hydrogens (primary N) is 1. The molecule has 2 nitrogen and oxygen atoms in total.